The number of nitrogens with one attached hydrogen (secondary N) is 1. The summed E-state index contributed by atoms with van der Waals surface area (Å²) in [5.74, 6) is 5.16. The zero-order valence-electron chi connectivity index (χ0n) is 11.3. The van der Waals surface area contributed by atoms with E-state index < -0.39 is 6.10 Å². The van der Waals surface area contributed by atoms with Crippen molar-refractivity contribution in [1.29, 1.82) is 0 Å². The molecule has 1 heterocycles. The number of carbonyl (C=O) groups is 1. The van der Waals surface area contributed by atoms with Crippen LogP contribution in [0, 0.1) is 18.8 Å². The van der Waals surface area contributed by atoms with Gasteiger partial charge < -0.3 is 19.9 Å². The third kappa shape index (κ3) is 3.81. The summed E-state index contributed by atoms with van der Waals surface area (Å²) >= 11 is 0. The minimum Gasteiger partial charge on any atom is -0.384 e. The average Bonchev–Trinajstić information content (AvgIpc) is 2.48. The van der Waals surface area contributed by atoms with E-state index in [0.29, 0.717) is 24.5 Å². The summed E-state index contributed by atoms with van der Waals surface area (Å²) in [6.07, 6.45) is -0.594. The fraction of sp³-hybridized carbons (Fsp3) is 0.400. The van der Waals surface area contributed by atoms with Gasteiger partial charge in [-0.1, -0.05) is 17.9 Å². The van der Waals surface area contributed by atoms with Crippen LogP contribution in [0.1, 0.15) is 11.1 Å². The summed E-state index contributed by atoms with van der Waals surface area (Å²) in [5.41, 5.74) is 2.31. The second-order valence-electron chi connectivity index (χ2n) is 4.43. The Labute approximate surface area is 117 Å². The predicted octanol–water partition coefficient (Wildman–Crippen LogP) is 0.693. The Hall–Kier alpha value is -1.87. The topological polar surface area (TPSA) is 67.8 Å². The molecule has 0 aromatic heterocycles. The number of aliphatic hydroxyl groups is 1. The number of carbonyl (C=O) groups excluding carboxylic acids is 1. The molecule has 1 unspecified atom stereocenters. The number of hydrogen-bond acceptors (Lipinski definition) is 4. The minimum absolute atomic E-state index is 0.221. The van der Waals surface area contributed by atoms with Gasteiger partial charge in [-0.3, -0.25) is 4.79 Å². The summed E-state index contributed by atoms with van der Waals surface area (Å²) in [6, 6.07) is 5.53. The summed E-state index contributed by atoms with van der Waals surface area (Å²) < 4.78 is 10.6. The summed E-state index contributed by atoms with van der Waals surface area (Å²) in [5, 5.41) is 11.6. The molecule has 2 N–H and O–H groups in total. The first-order chi connectivity index (χ1) is 9.70. The molecule has 5 nitrogen and oxygen atoms in total. The molecule has 0 bridgehead atoms. The van der Waals surface area contributed by atoms with Gasteiger partial charge in [0.1, 0.15) is 6.61 Å². The third-order valence-corrected chi connectivity index (χ3v) is 2.84. The normalized spacial score (nSPS) is 18.0. The number of hydrogen-bond donors (Lipinski definition) is 2. The van der Waals surface area contributed by atoms with E-state index in [9.17, 15) is 4.79 Å². The van der Waals surface area contributed by atoms with Gasteiger partial charge in [0.05, 0.1) is 25.5 Å². The van der Waals surface area contributed by atoms with Gasteiger partial charge in [-0.25, -0.2) is 0 Å². The Bertz CT molecular complexity index is 539. The maximum atomic E-state index is 12.1. The van der Waals surface area contributed by atoms with Gasteiger partial charge >= 0.3 is 0 Å². The van der Waals surface area contributed by atoms with Crippen LogP contribution in [0.15, 0.2) is 18.2 Å². The van der Waals surface area contributed by atoms with Crippen LogP contribution >= 0.6 is 0 Å². The summed E-state index contributed by atoms with van der Waals surface area (Å²) in [4.78, 5) is 12.1. The van der Waals surface area contributed by atoms with E-state index >= 15 is 0 Å². The Morgan fingerprint density at radius 1 is 1.50 bits per heavy atom. The Kier molecular flexibility index (Phi) is 5.13. The van der Waals surface area contributed by atoms with Crippen molar-refractivity contribution in [2.45, 2.75) is 13.0 Å². The number of aryl methyl sites for hydroxylation is 1. The number of benzene rings is 1. The van der Waals surface area contributed by atoms with Crippen LogP contribution in [0.25, 0.3) is 0 Å². The molecule has 1 saturated heterocycles. The lowest BCUT2D eigenvalue weighted by Crippen LogP contribution is -2.39. The molecule has 1 aromatic carbocycles. The van der Waals surface area contributed by atoms with Crippen molar-refractivity contribution in [3.63, 3.8) is 0 Å². The van der Waals surface area contributed by atoms with Crippen LogP contribution in [0.3, 0.4) is 0 Å². The Morgan fingerprint density at radius 3 is 3.05 bits per heavy atom. The molecule has 0 radical (unpaired) electrons. The Balaban J connectivity index is 2.13. The third-order valence-electron chi connectivity index (χ3n) is 2.84. The molecule has 0 saturated carbocycles. The van der Waals surface area contributed by atoms with Crippen molar-refractivity contribution in [3.8, 4) is 11.8 Å². The van der Waals surface area contributed by atoms with Crippen molar-refractivity contribution in [3.05, 3.63) is 29.3 Å². The lowest BCUT2D eigenvalue weighted by atomic mass is 10.1. The molecule has 1 atom stereocenters. The van der Waals surface area contributed by atoms with Gasteiger partial charge in [0, 0.05) is 5.56 Å². The summed E-state index contributed by atoms with van der Waals surface area (Å²) in [6.45, 7) is 2.91. The highest BCUT2D eigenvalue weighted by Crippen LogP contribution is 2.17. The summed E-state index contributed by atoms with van der Waals surface area (Å²) in [7, 11) is 0. The zero-order chi connectivity index (χ0) is 14.4. The number of aliphatic hydroxyl groups excluding tert-OH is 1. The second-order valence-corrected chi connectivity index (χ2v) is 4.43. The van der Waals surface area contributed by atoms with Crippen LogP contribution < -0.4 is 5.32 Å². The molecule has 0 aliphatic carbocycles. The molecule has 0 spiro atoms. The lowest BCUT2D eigenvalue weighted by Gasteiger charge is -2.22. The molecule has 1 aromatic rings. The van der Waals surface area contributed by atoms with Gasteiger partial charge in [-0.2, -0.15) is 0 Å². The molecule has 1 fully saturated rings. The maximum absolute atomic E-state index is 12.1. The van der Waals surface area contributed by atoms with Crippen molar-refractivity contribution in [2.75, 3.05) is 31.7 Å². The smallest absolute Gasteiger partial charge is 0.255 e. The largest absolute Gasteiger partial charge is 0.384 e. The van der Waals surface area contributed by atoms with Gasteiger partial charge in [-0.15, -0.1) is 0 Å². The number of amides is 1. The molecular weight excluding hydrogens is 258 g/mol. The predicted molar refractivity (Wildman–Crippen MR) is 74.3 cm³/mol. The first kappa shape index (κ1) is 14.5. The van der Waals surface area contributed by atoms with Crippen LogP contribution in [-0.4, -0.2) is 43.5 Å². The fourth-order valence-electron chi connectivity index (χ4n) is 1.86. The zero-order valence-corrected chi connectivity index (χ0v) is 11.3. The first-order valence-electron chi connectivity index (χ1n) is 6.41. The number of ether oxygens (including phenoxy) is 2. The Morgan fingerprint density at radius 2 is 2.35 bits per heavy atom. The highest BCUT2D eigenvalue weighted by Gasteiger charge is 2.23. The van der Waals surface area contributed by atoms with Crippen LogP contribution in [0.2, 0.25) is 0 Å². The number of anilines is 1. The monoisotopic (exact) mass is 275 g/mol. The van der Waals surface area contributed by atoms with E-state index in [1.807, 2.05) is 19.1 Å². The number of rotatable bonds is 2. The maximum Gasteiger partial charge on any atom is 0.255 e. The van der Waals surface area contributed by atoms with E-state index in [-0.39, 0.29) is 19.1 Å². The highest BCUT2D eigenvalue weighted by atomic mass is 16.6. The van der Waals surface area contributed by atoms with E-state index in [1.54, 1.807) is 6.07 Å². The second kappa shape index (κ2) is 7.06. The fourth-order valence-corrected chi connectivity index (χ4v) is 1.86. The molecule has 20 heavy (non-hydrogen) atoms. The molecule has 2 rings (SSSR count). The van der Waals surface area contributed by atoms with Crippen molar-refractivity contribution in [1.82, 2.24) is 0 Å². The van der Waals surface area contributed by atoms with Crippen LogP contribution in [0.4, 0.5) is 5.69 Å². The van der Waals surface area contributed by atoms with Crippen LogP contribution in [0.5, 0.6) is 0 Å². The van der Waals surface area contributed by atoms with E-state index in [0.717, 1.165) is 5.56 Å². The molecule has 1 amide bonds. The van der Waals surface area contributed by atoms with Gasteiger partial charge in [0.2, 0.25) is 0 Å². The molecule has 5 heteroatoms. The van der Waals surface area contributed by atoms with Crippen molar-refractivity contribution < 1.29 is 19.4 Å². The SMILES string of the molecule is Cc1ccc(NC(=O)C2COCCO2)c(C#CCO)c1. The van der Waals surface area contributed by atoms with E-state index in [1.165, 1.54) is 0 Å². The van der Waals surface area contributed by atoms with E-state index in [2.05, 4.69) is 17.2 Å². The molecular formula is C15H17NO4. The quantitative estimate of drug-likeness (QED) is 0.779. The minimum atomic E-state index is -0.594. The van der Waals surface area contributed by atoms with Crippen molar-refractivity contribution in [2.24, 2.45) is 0 Å². The van der Waals surface area contributed by atoms with E-state index in [4.69, 9.17) is 14.6 Å². The van der Waals surface area contributed by atoms with Gasteiger partial charge in [0.15, 0.2) is 6.10 Å². The van der Waals surface area contributed by atoms with Gasteiger partial charge in [-0.05, 0) is 24.6 Å². The van der Waals surface area contributed by atoms with Crippen molar-refractivity contribution >= 4 is 11.6 Å². The van der Waals surface area contributed by atoms with Gasteiger partial charge in [0.25, 0.3) is 5.91 Å². The molecule has 106 valence electrons. The molecule has 1 aliphatic heterocycles. The highest BCUT2D eigenvalue weighted by molar-refractivity contribution is 5.95. The average molecular weight is 275 g/mol. The van der Waals surface area contributed by atoms with Crippen LogP contribution in [-0.2, 0) is 14.3 Å². The first-order valence-corrected chi connectivity index (χ1v) is 6.41. The lowest BCUT2D eigenvalue weighted by molar-refractivity contribution is -0.142. The standard InChI is InChI=1S/C15H17NO4/c1-11-4-5-13(12(9-11)3-2-6-17)16-15(18)14-10-19-7-8-20-14/h4-5,9,14,17H,6-8,10H2,1H3,(H,16,18). The molecule has 1 aliphatic rings.